The second-order valence-corrected chi connectivity index (χ2v) is 6.01. The maximum atomic E-state index is 10.9. The summed E-state index contributed by atoms with van der Waals surface area (Å²) in [6, 6.07) is 0. The van der Waals surface area contributed by atoms with Crippen molar-refractivity contribution < 1.29 is 14.3 Å². The van der Waals surface area contributed by atoms with E-state index in [1.165, 1.54) is 0 Å². The fraction of sp³-hybridized carbons (Fsp3) is 0.923. The van der Waals surface area contributed by atoms with Crippen molar-refractivity contribution in [1.29, 1.82) is 0 Å². The lowest BCUT2D eigenvalue weighted by Gasteiger charge is -2.29. The van der Waals surface area contributed by atoms with Gasteiger partial charge in [0.25, 0.3) is 0 Å². The zero-order valence-electron chi connectivity index (χ0n) is 11.7. The lowest BCUT2D eigenvalue weighted by molar-refractivity contribution is 0.0226. The van der Waals surface area contributed by atoms with Gasteiger partial charge in [0, 0.05) is 25.3 Å². The highest BCUT2D eigenvalue weighted by Crippen LogP contribution is 2.20. The van der Waals surface area contributed by atoms with E-state index in [-0.39, 0.29) is 11.6 Å². The molecule has 0 unspecified atom stereocenters. The van der Waals surface area contributed by atoms with Crippen LogP contribution in [0.15, 0.2) is 0 Å². The largest absolute Gasteiger partial charge is 0.445 e. The van der Waals surface area contributed by atoms with Crippen molar-refractivity contribution in [2.24, 2.45) is 11.7 Å². The lowest BCUT2D eigenvalue weighted by Crippen LogP contribution is -2.43. The zero-order valence-corrected chi connectivity index (χ0v) is 11.7. The number of hydrogen-bond acceptors (Lipinski definition) is 4. The second-order valence-electron chi connectivity index (χ2n) is 6.01. The van der Waals surface area contributed by atoms with Crippen LogP contribution in [0.5, 0.6) is 0 Å². The molecule has 5 heteroatoms. The summed E-state index contributed by atoms with van der Waals surface area (Å²) >= 11 is 0. The van der Waals surface area contributed by atoms with Crippen molar-refractivity contribution in [1.82, 2.24) is 5.32 Å². The van der Waals surface area contributed by atoms with Gasteiger partial charge in [-0.25, -0.2) is 4.79 Å². The molecule has 0 spiro atoms. The van der Waals surface area contributed by atoms with Crippen molar-refractivity contribution >= 4 is 6.09 Å². The summed E-state index contributed by atoms with van der Waals surface area (Å²) < 4.78 is 10.6. The molecule has 1 aliphatic rings. The molecule has 0 saturated carbocycles. The summed E-state index contributed by atoms with van der Waals surface area (Å²) in [4.78, 5) is 10.9. The van der Waals surface area contributed by atoms with Crippen LogP contribution in [0.1, 0.15) is 40.0 Å². The van der Waals surface area contributed by atoms with Crippen LogP contribution < -0.4 is 11.1 Å². The predicted molar refractivity (Wildman–Crippen MR) is 70.4 cm³/mol. The molecule has 0 bridgehead atoms. The fourth-order valence-corrected chi connectivity index (χ4v) is 2.12. The van der Waals surface area contributed by atoms with Crippen molar-refractivity contribution in [3.63, 3.8) is 0 Å². The van der Waals surface area contributed by atoms with Crippen LogP contribution in [0.25, 0.3) is 0 Å². The first kappa shape index (κ1) is 15.2. The van der Waals surface area contributed by atoms with Crippen molar-refractivity contribution in [2.75, 3.05) is 19.8 Å². The van der Waals surface area contributed by atoms with Crippen LogP contribution in [-0.4, -0.2) is 37.5 Å². The van der Waals surface area contributed by atoms with Gasteiger partial charge in [0.2, 0.25) is 0 Å². The van der Waals surface area contributed by atoms with E-state index in [2.05, 4.69) is 26.1 Å². The van der Waals surface area contributed by atoms with Crippen molar-refractivity contribution in [2.45, 2.75) is 51.7 Å². The molecule has 1 amide bonds. The van der Waals surface area contributed by atoms with Gasteiger partial charge in [0.1, 0.15) is 6.10 Å². The first-order valence-corrected chi connectivity index (χ1v) is 6.65. The highest BCUT2D eigenvalue weighted by atomic mass is 16.6. The summed E-state index contributed by atoms with van der Waals surface area (Å²) in [5, 5.41) is 3.34. The van der Waals surface area contributed by atoms with Gasteiger partial charge in [0.15, 0.2) is 0 Å². The first-order valence-electron chi connectivity index (χ1n) is 6.65. The maximum Gasteiger partial charge on any atom is 0.404 e. The standard InChI is InChI=1S/C13H26N2O3/c1-13(2,3)15-8-11(18-12(14)16)7-10-5-4-6-17-9-10/h10-11,15H,4-9H2,1-3H3,(H2,14,16)/t10-,11-/m0/s1. The van der Waals surface area contributed by atoms with Gasteiger partial charge >= 0.3 is 6.09 Å². The molecular formula is C13H26N2O3. The third-order valence-electron chi connectivity index (χ3n) is 2.99. The molecule has 106 valence electrons. The normalized spacial score (nSPS) is 22.5. The van der Waals surface area contributed by atoms with E-state index in [1.54, 1.807) is 0 Å². The SMILES string of the molecule is CC(C)(C)NC[C@H](C[C@@H]1CCCOC1)OC(N)=O. The molecule has 0 aromatic heterocycles. The highest BCUT2D eigenvalue weighted by Gasteiger charge is 2.23. The van der Waals surface area contributed by atoms with Crippen LogP contribution in [0, 0.1) is 5.92 Å². The summed E-state index contributed by atoms with van der Waals surface area (Å²) in [5.41, 5.74) is 5.12. The van der Waals surface area contributed by atoms with E-state index in [4.69, 9.17) is 15.2 Å². The molecule has 1 heterocycles. The minimum atomic E-state index is -0.701. The molecule has 0 aromatic rings. The summed E-state index contributed by atoms with van der Waals surface area (Å²) in [5.74, 6) is 0.463. The Labute approximate surface area is 109 Å². The van der Waals surface area contributed by atoms with Crippen LogP contribution in [0.2, 0.25) is 0 Å². The van der Waals surface area contributed by atoms with Crippen molar-refractivity contribution in [3.8, 4) is 0 Å². The Morgan fingerprint density at radius 2 is 2.28 bits per heavy atom. The minimum Gasteiger partial charge on any atom is -0.445 e. The van der Waals surface area contributed by atoms with E-state index in [0.29, 0.717) is 12.5 Å². The molecular weight excluding hydrogens is 232 g/mol. The zero-order chi connectivity index (χ0) is 13.6. The first-order chi connectivity index (χ1) is 8.37. The van der Waals surface area contributed by atoms with Crippen LogP contribution in [0.4, 0.5) is 4.79 Å². The lowest BCUT2D eigenvalue weighted by atomic mass is 9.95. The molecule has 3 N–H and O–H groups in total. The Kier molecular flexibility index (Phi) is 5.88. The van der Waals surface area contributed by atoms with E-state index in [9.17, 15) is 4.79 Å². The van der Waals surface area contributed by atoms with Crippen LogP contribution in [0.3, 0.4) is 0 Å². The fourth-order valence-electron chi connectivity index (χ4n) is 2.12. The van der Waals surface area contributed by atoms with Gasteiger partial charge in [-0.05, 0) is 46.0 Å². The Morgan fingerprint density at radius 3 is 2.78 bits per heavy atom. The molecule has 2 atom stereocenters. The van der Waals surface area contributed by atoms with Gasteiger partial charge < -0.3 is 20.5 Å². The molecule has 1 rings (SSSR count). The minimum absolute atomic E-state index is 0.00230. The molecule has 0 aromatic carbocycles. The van der Waals surface area contributed by atoms with E-state index >= 15 is 0 Å². The topological polar surface area (TPSA) is 73.6 Å². The number of rotatable bonds is 5. The Balaban J connectivity index is 2.41. The number of hydrogen-bond donors (Lipinski definition) is 2. The maximum absolute atomic E-state index is 10.9. The van der Waals surface area contributed by atoms with Gasteiger partial charge in [0.05, 0.1) is 0 Å². The van der Waals surface area contributed by atoms with Crippen molar-refractivity contribution in [3.05, 3.63) is 0 Å². The van der Waals surface area contributed by atoms with Gasteiger partial charge in [-0.1, -0.05) is 0 Å². The summed E-state index contributed by atoms with van der Waals surface area (Å²) in [7, 11) is 0. The molecule has 1 fully saturated rings. The second kappa shape index (κ2) is 6.95. The quantitative estimate of drug-likeness (QED) is 0.786. The Morgan fingerprint density at radius 1 is 1.56 bits per heavy atom. The van der Waals surface area contributed by atoms with E-state index in [1.807, 2.05) is 0 Å². The average molecular weight is 258 g/mol. The molecule has 0 aliphatic carbocycles. The number of primary amides is 1. The number of carbonyl (C=O) groups is 1. The Hall–Kier alpha value is -0.810. The molecule has 5 nitrogen and oxygen atoms in total. The Bertz CT molecular complexity index is 257. The number of carbonyl (C=O) groups excluding carboxylic acids is 1. The predicted octanol–water partition coefficient (Wildman–Crippen LogP) is 1.66. The molecule has 1 saturated heterocycles. The smallest absolute Gasteiger partial charge is 0.404 e. The van der Waals surface area contributed by atoms with Gasteiger partial charge in [-0.15, -0.1) is 0 Å². The summed E-state index contributed by atoms with van der Waals surface area (Å²) in [6.45, 7) is 8.48. The molecule has 1 aliphatic heterocycles. The van der Waals surface area contributed by atoms with Crippen LogP contribution >= 0.6 is 0 Å². The third kappa shape index (κ3) is 6.81. The van der Waals surface area contributed by atoms with E-state index < -0.39 is 6.09 Å². The number of nitrogens with one attached hydrogen (secondary N) is 1. The highest BCUT2D eigenvalue weighted by molar-refractivity contribution is 5.64. The number of amides is 1. The van der Waals surface area contributed by atoms with Gasteiger partial charge in [-0.3, -0.25) is 0 Å². The molecule has 18 heavy (non-hydrogen) atoms. The van der Waals surface area contributed by atoms with E-state index in [0.717, 1.165) is 32.5 Å². The third-order valence-corrected chi connectivity index (χ3v) is 2.99. The van der Waals surface area contributed by atoms with Gasteiger partial charge in [-0.2, -0.15) is 0 Å². The monoisotopic (exact) mass is 258 g/mol. The average Bonchev–Trinajstić information content (AvgIpc) is 2.25. The van der Waals surface area contributed by atoms with Crippen LogP contribution in [-0.2, 0) is 9.47 Å². The molecule has 0 radical (unpaired) electrons. The summed E-state index contributed by atoms with van der Waals surface area (Å²) in [6.07, 6.45) is 2.15. The number of nitrogens with two attached hydrogens (primary N) is 1. The number of ether oxygens (including phenoxy) is 2.